The molecule has 6 heteroatoms. The highest BCUT2D eigenvalue weighted by Crippen LogP contribution is 2.14. The van der Waals surface area contributed by atoms with Crippen molar-refractivity contribution in [3.8, 4) is 0 Å². The molecule has 0 bridgehead atoms. The minimum absolute atomic E-state index is 0.500. The molecule has 3 N–H and O–H groups in total. The predicted octanol–water partition coefficient (Wildman–Crippen LogP) is 2.00. The van der Waals surface area contributed by atoms with Gasteiger partial charge >= 0.3 is 0 Å². The third kappa shape index (κ3) is 3.13. The van der Waals surface area contributed by atoms with E-state index in [1.165, 1.54) is 4.88 Å². The van der Waals surface area contributed by atoms with E-state index in [2.05, 4.69) is 20.3 Å². The standard InChI is InChI=1S/C11H15N5S/c1-3-10-15-9(12)4-11(16-10)14-6-8-5-13-7(2)17-8/h4-5H,3,6H2,1-2H3,(H3,12,14,15,16). The van der Waals surface area contributed by atoms with Crippen molar-refractivity contribution in [3.63, 3.8) is 0 Å². The SMILES string of the molecule is CCc1nc(N)cc(NCc2cnc(C)s2)n1. The van der Waals surface area contributed by atoms with Gasteiger partial charge in [0.25, 0.3) is 0 Å². The van der Waals surface area contributed by atoms with Gasteiger partial charge in [0.15, 0.2) is 0 Å². The maximum absolute atomic E-state index is 5.71. The molecule has 0 fully saturated rings. The summed E-state index contributed by atoms with van der Waals surface area (Å²) in [5.41, 5.74) is 5.71. The van der Waals surface area contributed by atoms with E-state index in [4.69, 9.17) is 5.73 Å². The van der Waals surface area contributed by atoms with Crippen LogP contribution in [0.4, 0.5) is 11.6 Å². The Labute approximate surface area is 104 Å². The summed E-state index contributed by atoms with van der Waals surface area (Å²) in [6, 6.07) is 1.74. The van der Waals surface area contributed by atoms with E-state index in [9.17, 15) is 0 Å². The fraction of sp³-hybridized carbons (Fsp3) is 0.364. The average molecular weight is 249 g/mol. The van der Waals surface area contributed by atoms with Gasteiger partial charge in [-0.15, -0.1) is 11.3 Å². The molecule has 0 amide bonds. The lowest BCUT2D eigenvalue weighted by molar-refractivity contribution is 0.939. The monoisotopic (exact) mass is 249 g/mol. The number of rotatable bonds is 4. The highest BCUT2D eigenvalue weighted by Gasteiger charge is 2.02. The zero-order chi connectivity index (χ0) is 12.3. The van der Waals surface area contributed by atoms with E-state index in [0.29, 0.717) is 12.4 Å². The molecule has 2 rings (SSSR count). The molecular formula is C11H15N5S. The number of aromatic nitrogens is 3. The molecule has 0 saturated carbocycles. The first-order chi connectivity index (χ1) is 8.17. The van der Waals surface area contributed by atoms with Gasteiger partial charge in [-0.25, -0.2) is 15.0 Å². The van der Waals surface area contributed by atoms with Gasteiger partial charge in [-0.3, -0.25) is 0 Å². The summed E-state index contributed by atoms with van der Waals surface area (Å²) >= 11 is 1.67. The van der Waals surface area contributed by atoms with Crippen LogP contribution in [0.3, 0.4) is 0 Å². The number of nitrogen functional groups attached to an aromatic ring is 1. The number of aryl methyl sites for hydroxylation is 2. The number of hydrogen-bond acceptors (Lipinski definition) is 6. The minimum atomic E-state index is 0.500. The molecule has 17 heavy (non-hydrogen) atoms. The molecule has 0 radical (unpaired) electrons. The van der Waals surface area contributed by atoms with E-state index in [-0.39, 0.29) is 0 Å². The van der Waals surface area contributed by atoms with Crippen LogP contribution >= 0.6 is 11.3 Å². The van der Waals surface area contributed by atoms with Crippen molar-refractivity contribution in [1.82, 2.24) is 15.0 Å². The molecule has 0 unspecified atom stereocenters. The van der Waals surface area contributed by atoms with E-state index in [1.54, 1.807) is 17.4 Å². The van der Waals surface area contributed by atoms with Gasteiger partial charge in [0, 0.05) is 23.6 Å². The third-order valence-corrected chi connectivity index (χ3v) is 3.13. The molecule has 0 atom stereocenters. The minimum Gasteiger partial charge on any atom is -0.384 e. The number of hydrogen-bond donors (Lipinski definition) is 2. The Morgan fingerprint density at radius 3 is 2.88 bits per heavy atom. The Bertz CT molecular complexity index is 508. The first-order valence-corrected chi connectivity index (χ1v) is 6.27. The quantitative estimate of drug-likeness (QED) is 0.866. The summed E-state index contributed by atoms with van der Waals surface area (Å²) < 4.78 is 0. The van der Waals surface area contributed by atoms with Crippen LogP contribution in [-0.4, -0.2) is 15.0 Å². The van der Waals surface area contributed by atoms with E-state index in [0.717, 1.165) is 23.1 Å². The van der Waals surface area contributed by atoms with Crippen molar-refractivity contribution in [2.75, 3.05) is 11.1 Å². The van der Waals surface area contributed by atoms with Gasteiger partial charge in [0.05, 0.1) is 11.6 Å². The van der Waals surface area contributed by atoms with Crippen LogP contribution < -0.4 is 11.1 Å². The second kappa shape index (κ2) is 5.09. The maximum Gasteiger partial charge on any atom is 0.132 e. The summed E-state index contributed by atoms with van der Waals surface area (Å²) in [7, 11) is 0. The molecule has 90 valence electrons. The largest absolute Gasteiger partial charge is 0.384 e. The lowest BCUT2D eigenvalue weighted by Crippen LogP contribution is -2.05. The normalized spacial score (nSPS) is 10.5. The summed E-state index contributed by atoms with van der Waals surface area (Å²) in [6.45, 7) is 4.71. The molecule has 0 aliphatic heterocycles. The average Bonchev–Trinajstić information content (AvgIpc) is 2.72. The second-order valence-corrected chi connectivity index (χ2v) is 4.97. The van der Waals surface area contributed by atoms with E-state index in [1.807, 2.05) is 20.0 Å². The van der Waals surface area contributed by atoms with Gasteiger partial charge in [0.1, 0.15) is 17.5 Å². The van der Waals surface area contributed by atoms with Crippen LogP contribution in [0.25, 0.3) is 0 Å². The number of nitrogens with zero attached hydrogens (tertiary/aromatic N) is 3. The number of anilines is 2. The molecule has 0 saturated heterocycles. The second-order valence-electron chi connectivity index (χ2n) is 3.65. The van der Waals surface area contributed by atoms with Crippen LogP contribution in [0, 0.1) is 6.92 Å². The fourth-order valence-electron chi connectivity index (χ4n) is 1.43. The summed E-state index contributed by atoms with van der Waals surface area (Å²) in [4.78, 5) is 13.9. The summed E-state index contributed by atoms with van der Waals surface area (Å²) in [5, 5.41) is 4.30. The number of nitrogens with one attached hydrogen (secondary N) is 1. The fourth-order valence-corrected chi connectivity index (χ4v) is 2.17. The first-order valence-electron chi connectivity index (χ1n) is 5.46. The molecular weight excluding hydrogens is 234 g/mol. The van der Waals surface area contributed by atoms with Crippen LogP contribution in [0.1, 0.15) is 22.6 Å². The summed E-state index contributed by atoms with van der Waals surface area (Å²) in [6.07, 6.45) is 2.65. The molecule has 2 aromatic heterocycles. The first kappa shape index (κ1) is 11.8. The van der Waals surface area contributed by atoms with Gasteiger partial charge in [0.2, 0.25) is 0 Å². The molecule has 0 aliphatic rings. The van der Waals surface area contributed by atoms with E-state index >= 15 is 0 Å². The van der Waals surface area contributed by atoms with Crippen molar-refractivity contribution in [3.05, 3.63) is 28.0 Å². The molecule has 2 heterocycles. The Balaban J connectivity index is 2.05. The highest BCUT2D eigenvalue weighted by atomic mass is 32.1. The van der Waals surface area contributed by atoms with Gasteiger partial charge in [-0.2, -0.15) is 0 Å². The molecule has 0 aliphatic carbocycles. The molecule has 0 spiro atoms. The van der Waals surface area contributed by atoms with Crippen molar-refractivity contribution < 1.29 is 0 Å². The van der Waals surface area contributed by atoms with Gasteiger partial charge in [-0.05, 0) is 6.92 Å². The molecule has 0 aromatic carbocycles. The Hall–Kier alpha value is -1.69. The maximum atomic E-state index is 5.71. The molecule has 2 aromatic rings. The van der Waals surface area contributed by atoms with Crippen molar-refractivity contribution in [1.29, 1.82) is 0 Å². The third-order valence-electron chi connectivity index (χ3n) is 2.22. The van der Waals surface area contributed by atoms with Crippen molar-refractivity contribution >= 4 is 23.0 Å². The van der Waals surface area contributed by atoms with Crippen LogP contribution in [0.15, 0.2) is 12.3 Å². The van der Waals surface area contributed by atoms with E-state index < -0.39 is 0 Å². The lowest BCUT2D eigenvalue weighted by atomic mass is 10.4. The van der Waals surface area contributed by atoms with Crippen molar-refractivity contribution in [2.45, 2.75) is 26.8 Å². The lowest BCUT2D eigenvalue weighted by Gasteiger charge is -2.06. The predicted molar refractivity (Wildman–Crippen MR) is 70.0 cm³/mol. The van der Waals surface area contributed by atoms with Gasteiger partial charge < -0.3 is 11.1 Å². The Morgan fingerprint density at radius 1 is 1.41 bits per heavy atom. The smallest absolute Gasteiger partial charge is 0.132 e. The van der Waals surface area contributed by atoms with Crippen LogP contribution in [0.5, 0.6) is 0 Å². The topological polar surface area (TPSA) is 76.7 Å². The summed E-state index contributed by atoms with van der Waals surface area (Å²) in [5.74, 6) is 2.02. The van der Waals surface area contributed by atoms with Gasteiger partial charge in [-0.1, -0.05) is 6.92 Å². The zero-order valence-corrected chi connectivity index (χ0v) is 10.7. The highest BCUT2D eigenvalue weighted by molar-refractivity contribution is 7.11. The number of nitrogens with two attached hydrogens (primary N) is 1. The number of thiazole rings is 1. The Morgan fingerprint density at radius 2 is 2.24 bits per heavy atom. The Kier molecular flexibility index (Phi) is 3.53. The van der Waals surface area contributed by atoms with Crippen LogP contribution in [0.2, 0.25) is 0 Å². The molecule has 5 nitrogen and oxygen atoms in total. The zero-order valence-electron chi connectivity index (χ0n) is 9.90. The van der Waals surface area contributed by atoms with Crippen molar-refractivity contribution in [2.24, 2.45) is 0 Å². The van der Waals surface area contributed by atoms with Crippen LogP contribution in [-0.2, 0) is 13.0 Å².